The Morgan fingerprint density at radius 1 is 1.27 bits per heavy atom. The zero-order valence-corrected chi connectivity index (χ0v) is 14.5. The van der Waals surface area contributed by atoms with Crippen LogP contribution in [0, 0.1) is 0 Å². The second-order valence-corrected chi connectivity index (χ2v) is 7.40. The fourth-order valence-electron chi connectivity index (χ4n) is 2.64. The molecule has 1 aliphatic heterocycles. The standard InChI is InChI=1S/C16H21N3OS2/c1-2-4-16(20)19-8-6-18(7-9-19)11-15-17-13(12-22-15)14-5-3-10-21-14/h3,5,10,12H,2,4,6-9,11H2,1H3. The second kappa shape index (κ2) is 7.35. The van der Waals surface area contributed by atoms with Gasteiger partial charge in [0.25, 0.3) is 0 Å². The highest BCUT2D eigenvalue weighted by Crippen LogP contribution is 2.26. The maximum absolute atomic E-state index is 11.9. The highest BCUT2D eigenvalue weighted by atomic mass is 32.1. The molecule has 1 saturated heterocycles. The van der Waals surface area contributed by atoms with Gasteiger partial charge in [-0.2, -0.15) is 0 Å². The van der Waals surface area contributed by atoms with Gasteiger partial charge in [0.2, 0.25) is 5.91 Å². The topological polar surface area (TPSA) is 36.4 Å². The minimum absolute atomic E-state index is 0.302. The number of thiazole rings is 1. The number of aromatic nitrogens is 1. The monoisotopic (exact) mass is 335 g/mol. The van der Waals surface area contributed by atoms with Crippen LogP contribution in [-0.4, -0.2) is 46.9 Å². The maximum Gasteiger partial charge on any atom is 0.222 e. The van der Waals surface area contributed by atoms with Crippen LogP contribution in [0.15, 0.2) is 22.9 Å². The summed E-state index contributed by atoms with van der Waals surface area (Å²) in [5, 5.41) is 5.39. The molecule has 0 saturated carbocycles. The molecule has 6 heteroatoms. The van der Waals surface area contributed by atoms with Gasteiger partial charge in [-0.1, -0.05) is 13.0 Å². The first kappa shape index (κ1) is 15.6. The lowest BCUT2D eigenvalue weighted by atomic mass is 10.2. The third-order valence-corrected chi connectivity index (χ3v) is 5.60. The van der Waals surface area contributed by atoms with E-state index in [-0.39, 0.29) is 0 Å². The first-order valence-corrected chi connectivity index (χ1v) is 9.50. The van der Waals surface area contributed by atoms with Crippen molar-refractivity contribution in [3.63, 3.8) is 0 Å². The Hall–Kier alpha value is -1.24. The van der Waals surface area contributed by atoms with Crippen molar-refractivity contribution in [2.75, 3.05) is 26.2 Å². The zero-order valence-electron chi connectivity index (χ0n) is 12.8. The molecule has 0 N–H and O–H groups in total. The molecular formula is C16H21N3OS2. The van der Waals surface area contributed by atoms with E-state index in [1.54, 1.807) is 22.7 Å². The van der Waals surface area contributed by atoms with Gasteiger partial charge >= 0.3 is 0 Å². The van der Waals surface area contributed by atoms with Gasteiger partial charge in [-0.05, 0) is 17.9 Å². The molecule has 0 spiro atoms. The summed E-state index contributed by atoms with van der Waals surface area (Å²) in [5.41, 5.74) is 1.09. The third kappa shape index (κ3) is 3.74. The van der Waals surface area contributed by atoms with E-state index in [4.69, 9.17) is 4.98 Å². The summed E-state index contributed by atoms with van der Waals surface area (Å²) in [6, 6.07) is 4.17. The van der Waals surface area contributed by atoms with Crippen LogP contribution >= 0.6 is 22.7 Å². The van der Waals surface area contributed by atoms with Crippen molar-refractivity contribution >= 4 is 28.6 Å². The molecule has 1 aliphatic rings. The van der Waals surface area contributed by atoms with E-state index in [0.29, 0.717) is 12.3 Å². The van der Waals surface area contributed by atoms with E-state index in [1.807, 2.05) is 4.90 Å². The van der Waals surface area contributed by atoms with Crippen molar-refractivity contribution in [1.29, 1.82) is 0 Å². The van der Waals surface area contributed by atoms with E-state index in [1.165, 1.54) is 4.88 Å². The van der Waals surface area contributed by atoms with Crippen molar-refractivity contribution in [1.82, 2.24) is 14.8 Å². The molecule has 0 radical (unpaired) electrons. The molecule has 0 atom stereocenters. The molecule has 3 rings (SSSR count). The van der Waals surface area contributed by atoms with Gasteiger partial charge in [-0.15, -0.1) is 22.7 Å². The van der Waals surface area contributed by atoms with Crippen LogP contribution in [0.5, 0.6) is 0 Å². The smallest absolute Gasteiger partial charge is 0.222 e. The molecule has 4 nitrogen and oxygen atoms in total. The average molecular weight is 335 g/mol. The number of piperazine rings is 1. The van der Waals surface area contributed by atoms with E-state index in [2.05, 4.69) is 34.7 Å². The highest BCUT2D eigenvalue weighted by molar-refractivity contribution is 7.14. The van der Waals surface area contributed by atoms with Crippen molar-refractivity contribution in [2.45, 2.75) is 26.3 Å². The number of thiophene rings is 1. The number of carbonyl (C=O) groups is 1. The quantitative estimate of drug-likeness (QED) is 0.841. The number of hydrogen-bond acceptors (Lipinski definition) is 5. The average Bonchev–Trinajstić information content (AvgIpc) is 3.19. The van der Waals surface area contributed by atoms with Crippen LogP contribution in [0.3, 0.4) is 0 Å². The van der Waals surface area contributed by atoms with Crippen LogP contribution in [0.25, 0.3) is 10.6 Å². The lowest BCUT2D eigenvalue weighted by Crippen LogP contribution is -2.48. The van der Waals surface area contributed by atoms with Crippen LogP contribution < -0.4 is 0 Å². The van der Waals surface area contributed by atoms with Crippen molar-refractivity contribution in [2.24, 2.45) is 0 Å². The van der Waals surface area contributed by atoms with Gasteiger partial charge in [0, 0.05) is 38.0 Å². The molecular weight excluding hydrogens is 314 g/mol. The number of nitrogens with zero attached hydrogens (tertiary/aromatic N) is 3. The van der Waals surface area contributed by atoms with Crippen LogP contribution in [0.4, 0.5) is 0 Å². The fourth-order valence-corrected chi connectivity index (χ4v) is 4.24. The Balaban J connectivity index is 1.52. The van der Waals surface area contributed by atoms with Gasteiger partial charge in [-0.25, -0.2) is 4.98 Å². The zero-order chi connectivity index (χ0) is 15.4. The molecule has 0 aromatic carbocycles. The lowest BCUT2D eigenvalue weighted by Gasteiger charge is -2.34. The van der Waals surface area contributed by atoms with Crippen LogP contribution in [0.2, 0.25) is 0 Å². The predicted octanol–water partition coefficient (Wildman–Crippen LogP) is 3.32. The first-order valence-electron chi connectivity index (χ1n) is 7.74. The summed E-state index contributed by atoms with van der Waals surface area (Å²) in [6.07, 6.45) is 1.61. The molecule has 1 fully saturated rings. The van der Waals surface area contributed by atoms with E-state index in [0.717, 1.165) is 49.8 Å². The van der Waals surface area contributed by atoms with E-state index in [9.17, 15) is 4.79 Å². The van der Waals surface area contributed by atoms with Gasteiger partial charge in [-0.3, -0.25) is 9.69 Å². The lowest BCUT2D eigenvalue weighted by molar-refractivity contribution is -0.133. The first-order chi connectivity index (χ1) is 10.8. The number of amides is 1. The molecule has 1 amide bonds. The summed E-state index contributed by atoms with van der Waals surface area (Å²) in [7, 11) is 0. The molecule has 118 valence electrons. The van der Waals surface area contributed by atoms with Gasteiger partial charge < -0.3 is 4.90 Å². The number of hydrogen-bond donors (Lipinski definition) is 0. The molecule has 22 heavy (non-hydrogen) atoms. The molecule has 3 heterocycles. The largest absolute Gasteiger partial charge is 0.340 e. The minimum atomic E-state index is 0.302. The van der Waals surface area contributed by atoms with E-state index >= 15 is 0 Å². The molecule has 2 aromatic heterocycles. The summed E-state index contributed by atoms with van der Waals surface area (Å²) in [6.45, 7) is 6.55. The predicted molar refractivity (Wildman–Crippen MR) is 92.2 cm³/mol. The third-order valence-electron chi connectivity index (χ3n) is 3.87. The van der Waals surface area contributed by atoms with Crippen molar-refractivity contribution < 1.29 is 4.79 Å². The van der Waals surface area contributed by atoms with Crippen LogP contribution in [-0.2, 0) is 11.3 Å². The molecule has 0 aliphatic carbocycles. The molecule has 2 aromatic rings. The Kier molecular flexibility index (Phi) is 5.23. The Morgan fingerprint density at radius 2 is 2.09 bits per heavy atom. The number of carbonyl (C=O) groups excluding carboxylic acids is 1. The molecule has 0 bridgehead atoms. The summed E-state index contributed by atoms with van der Waals surface area (Å²) in [5.74, 6) is 0.302. The normalized spacial score (nSPS) is 16.1. The highest BCUT2D eigenvalue weighted by Gasteiger charge is 2.21. The van der Waals surface area contributed by atoms with Crippen LogP contribution in [0.1, 0.15) is 24.8 Å². The van der Waals surface area contributed by atoms with Gasteiger partial charge in [0.1, 0.15) is 5.01 Å². The second-order valence-electron chi connectivity index (χ2n) is 5.51. The van der Waals surface area contributed by atoms with Gasteiger partial charge in [0.15, 0.2) is 0 Å². The van der Waals surface area contributed by atoms with Crippen molar-refractivity contribution in [3.05, 3.63) is 27.9 Å². The minimum Gasteiger partial charge on any atom is -0.340 e. The molecule has 0 unspecified atom stereocenters. The van der Waals surface area contributed by atoms with Gasteiger partial charge in [0.05, 0.1) is 17.1 Å². The summed E-state index contributed by atoms with van der Waals surface area (Å²) in [4.78, 5) is 22.3. The fraction of sp³-hybridized carbons (Fsp3) is 0.500. The SMILES string of the molecule is CCCC(=O)N1CCN(Cc2nc(-c3cccs3)cs2)CC1. The Bertz CT molecular complexity index is 601. The van der Waals surface area contributed by atoms with Crippen molar-refractivity contribution in [3.8, 4) is 10.6 Å². The summed E-state index contributed by atoms with van der Waals surface area (Å²) >= 11 is 3.46. The Morgan fingerprint density at radius 3 is 2.77 bits per heavy atom. The van der Waals surface area contributed by atoms with E-state index < -0.39 is 0 Å². The Labute approximate surface area is 139 Å². The maximum atomic E-state index is 11.9. The summed E-state index contributed by atoms with van der Waals surface area (Å²) < 4.78 is 0. The number of rotatable bonds is 5.